The van der Waals surface area contributed by atoms with Crippen molar-refractivity contribution in [3.05, 3.63) is 52.4 Å². The minimum Gasteiger partial charge on any atom is -0.491 e. The summed E-state index contributed by atoms with van der Waals surface area (Å²) in [5.74, 6) is 1.50. The lowest BCUT2D eigenvalue weighted by Gasteiger charge is -2.08. The van der Waals surface area contributed by atoms with Gasteiger partial charge in [0.2, 0.25) is 0 Å². The molecular weight excluding hydrogens is 273 g/mol. The minimum atomic E-state index is 0.515. The number of rotatable bonds is 6. The van der Waals surface area contributed by atoms with E-state index in [-0.39, 0.29) is 0 Å². The van der Waals surface area contributed by atoms with E-state index in [4.69, 9.17) is 32.4 Å². The Kier molecular flexibility index (Phi) is 4.93. The van der Waals surface area contributed by atoms with Crippen LogP contribution >= 0.6 is 23.2 Å². The molecule has 0 spiro atoms. The molecule has 18 heavy (non-hydrogen) atoms. The van der Waals surface area contributed by atoms with Gasteiger partial charge in [-0.05, 0) is 24.3 Å². The molecule has 2 rings (SSSR count). The van der Waals surface area contributed by atoms with Crippen LogP contribution in [0.25, 0.3) is 0 Å². The number of hydrogen-bond donors (Lipinski definition) is 1. The van der Waals surface area contributed by atoms with Crippen molar-refractivity contribution in [3.8, 4) is 5.75 Å². The van der Waals surface area contributed by atoms with E-state index >= 15 is 0 Å². The summed E-state index contributed by atoms with van der Waals surface area (Å²) in [5, 5.41) is 4.37. The summed E-state index contributed by atoms with van der Waals surface area (Å²) in [6.07, 6.45) is 1.65. The fraction of sp³-hybridized carbons (Fsp3) is 0.231. The molecule has 0 radical (unpaired) electrons. The Morgan fingerprint density at radius 1 is 1.22 bits per heavy atom. The van der Waals surface area contributed by atoms with Crippen molar-refractivity contribution in [3.63, 3.8) is 0 Å². The SMILES string of the molecule is Clc1ccc(Cl)c(OCCNCc2ccco2)c1. The van der Waals surface area contributed by atoms with Crippen LogP contribution in [0.1, 0.15) is 5.76 Å². The highest BCUT2D eigenvalue weighted by Gasteiger charge is 2.02. The topological polar surface area (TPSA) is 34.4 Å². The highest BCUT2D eigenvalue weighted by atomic mass is 35.5. The molecule has 0 aliphatic heterocycles. The van der Waals surface area contributed by atoms with Gasteiger partial charge in [0.25, 0.3) is 0 Å². The van der Waals surface area contributed by atoms with Gasteiger partial charge < -0.3 is 14.5 Å². The van der Waals surface area contributed by atoms with Crippen LogP contribution in [-0.2, 0) is 6.54 Å². The van der Waals surface area contributed by atoms with Crippen molar-refractivity contribution >= 4 is 23.2 Å². The summed E-state index contributed by atoms with van der Waals surface area (Å²) in [6, 6.07) is 8.93. The van der Waals surface area contributed by atoms with Crippen molar-refractivity contribution in [2.24, 2.45) is 0 Å². The smallest absolute Gasteiger partial charge is 0.139 e. The molecule has 1 aromatic heterocycles. The Hall–Kier alpha value is -1.16. The lowest BCUT2D eigenvalue weighted by atomic mass is 10.3. The van der Waals surface area contributed by atoms with Gasteiger partial charge >= 0.3 is 0 Å². The van der Waals surface area contributed by atoms with E-state index in [9.17, 15) is 0 Å². The van der Waals surface area contributed by atoms with Crippen LogP contribution in [0, 0.1) is 0 Å². The van der Waals surface area contributed by atoms with Gasteiger partial charge in [-0.1, -0.05) is 23.2 Å². The first-order valence-electron chi connectivity index (χ1n) is 5.56. The van der Waals surface area contributed by atoms with Crippen molar-refractivity contribution in [2.45, 2.75) is 6.54 Å². The molecule has 0 atom stereocenters. The van der Waals surface area contributed by atoms with Crippen LogP contribution in [0.15, 0.2) is 41.0 Å². The van der Waals surface area contributed by atoms with E-state index in [1.165, 1.54) is 0 Å². The average molecular weight is 286 g/mol. The molecule has 1 heterocycles. The summed E-state index contributed by atoms with van der Waals surface area (Å²) in [4.78, 5) is 0. The third-order valence-electron chi connectivity index (χ3n) is 2.31. The van der Waals surface area contributed by atoms with Crippen LogP contribution in [0.2, 0.25) is 10.0 Å². The lowest BCUT2D eigenvalue weighted by molar-refractivity contribution is 0.311. The van der Waals surface area contributed by atoms with Crippen molar-refractivity contribution < 1.29 is 9.15 Å². The highest BCUT2D eigenvalue weighted by Crippen LogP contribution is 2.27. The van der Waals surface area contributed by atoms with Gasteiger partial charge in [0.05, 0.1) is 17.8 Å². The van der Waals surface area contributed by atoms with Crippen LogP contribution in [0.5, 0.6) is 5.75 Å². The highest BCUT2D eigenvalue weighted by molar-refractivity contribution is 6.34. The second-order valence-electron chi connectivity index (χ2n) is 3.68. The van der Waals surface area contributed by atoms with E-state index in [2.05, 4.69) is 5.32 Å². The van der Waals surface area contributed by atoms with Gasteiger partial charge in [0, 0.05) is 17.6 Å². The second-order valence-corrected chi connectivity index (χ2v) is 4.52. The Labute approximate surface area is 116 Å². The molecule has 0 bridgehead atoms. The fourth-order valence-electron chi connectivity index (χ4n) is 1.45. The summed E-state index contributed by atoms with van der Waals surface area (Å²) in [5.41, 5.74) is 0. The van der Waals surface area contributed by atoms with E-state index < -0.39 is 0 Å². The van der Waals surface area contributed by atoms with Crippen LogP contribution in [0.4, 0.5) is 0 Å². The van der Waals surface area contributed by atoms with Gasteiger partial charge in [-0.3, -0.25) is 0 Å². The van der Waals surface area contributed by atoms with Crippen LogP contribution in [0.3, 0.4) is 0 Å². The van der Waals surface area contributed by atoms with Crippen molar-refractivity contribution in [1.29, 1.82) is 0 Å². The number of benzene rings is 1. The summed E-state index contributed by atoms with van der Waals surface area (Å²) < 4.78 is 10.7. The van der Waals surface area contributed by atoms with Crippen molar-refractivity contribution in [2.75, 3.05) is 13.2 Å². The zero-order valence-corrected chi connectivity index (χ0v) is 11.2. The van der Waals surface area contributed by atoms with Gasteiger partial charge in [0.1, 0.15) is 18.1 Å². The molecule has 0 fully saturated rings. The standard InChI is InChI=1S/C13H13Cl2NO2/c14-10-3-4-12(15)13(8-10)18-7-5-16-9-11-2-1-6-17-11/h1-4,6,8,16H,5,7,9H2. The van der Waals surface area contributed by atoms with Crippen LogP contribution in [-0.4, -0.2) is 13.2 Å². The Morgan fingerprint density at radius 2 is 2.11 bits per heavy atom. The minimum absolute atomic E-state index is 0.515. The summed E-state index contributed by atoms with van der Waals surface area (Å²) in [6.45, 7) is 1.89. The zero-order chi connectivity index (χ0) is 12.8. The molecule has 0 unspecified atom stereocenters. The van der Waals surface area contributed by atoms with Gasteiger partial charge in [-0.15, -0.1) is 0 Å². The normalized spacial score (nSPS) is 10.6. The molecule has 0 aliphatic carbocycles. The van der Waals surface area contributed by atoms with Crippen LogP contribution < -0.4 is 10.1 Å². The third-order valence-corrected chi connectivity index (χ3v) is 2.86. The van der Waals surface area contributed by atoms with E-state index in [1.807, 2.05) is 12.1 Å². The van der Waals surface area contributed by atoms with E-state index in [1.54, 1.807) is 24.5 Å². The summed E-state index contributed by atoms with van der Waals surface area (Å²) in [7, 11) is 0. The average Bonchev–Trinajstić information content (AvgIpc) is 2.86. The molecule has 0 saturated carbocycles. The molecule has 1 N–H and O–H groups in total. The zero-order valence-electron chi connectivity index (χ0n) is 9.66. The third kappa shape index (κ3) is 3.95. The fourth-order valence-corrected chi connectivity index (χ4v) is 1.78. The van der Waals surface area contributed by atoms with E-state index in [0.29, 0.717) is 35.5 Å². The molecule has 96 valence electrons. The molecule has 0 aliphatic rings. The van der Waals surface area contributed by atoms with Gasteiger partial charge in [0.15, 0.2) is 0 Å². The molecule has 1 aromatic carbocycles. The number of furan rings is 1. The lowest BCUT2D eigenvalue weighted by Crippen LogP contribution is -2.20. The van der Waals surface area contributed by atoms with E-state index in [0.717, 1.165) is 5.76 Å². The number of hydrogen-bond acceptors (Lipinski definition) is 3. The predicted octanol–water partition coefficient (Wildman–Crippen LogP) is 3.76. The first-order chi connectivity index (χ1) is 8.75. The summed E-state index contributed by atoms with van der Waals surface area (Å²) >= 11 is 11.8. The van der Waals surface area contributed by atoms with Gasteiger partial charge in [-0.25, -0.2) is 0 Å². The maximum atomic E-state index is 5.97. The second kappa shape index (κ2) is 6.69. The predicted molar refractivity (Wildman–Crippen MR) is 72.4 cm³/mol. The number of nitrogens with one attached hydrogen (secondary N) is 1. The van der Waals surface area contributed by atoms with Crippen molar-refractivity contribution in [1.82, 2.24) is 5.32 Å². The largest absolute Gasteiger partial charge is 0.491 e. The Morgan fingerprint density at radius 3 is 2.89 bits per heavy atom. The first-order valence-corrected chi connectivity index (χ1v) is 6.32. The quantitative estimate of drug-likeness (QED) is 0.821. The maximum Gasteiger partial charge on any atom is 0.139 e. The molecule has 2 aromatic rings. The number of ether oxygens (including phenoxy) is 1. The monoisotopic (exact) mass is 285 g/mol. The molecule has 0 saturated heterocycles. The Balaban J connectivity index is 1.70. The molecule has 5 heteroatoms. The maximum absolute atomic E-state index is 5.97. The first kappa shape index (κ1) is 13.3. The molecule has 3 nitrogen and oxygen atoms in total. The Bertz CT molecular complexity index is 486. The number of halogens is 2. The van der Waals surface area contributed by atoms with Gasteiger partial charge in [-0.2, -0.15) is 0 Å². The molecular formula is C13H13Cl2NO2. The molecule has 0 amide bonds.